The molecule has 0 spiro atoms. The van der Waals surface area contributed by atoms with E-state index >= 15 is 0 Å². The Hall–Kier alpha value is -3.07. The van der Waals surface area contributed by atoms with Gasteiger partial charge in [0, 0.05) is 12.0 Å². The van der Waals surface area contributed by atoms with Crippen LogP contribution in [0.1, 0.15) is 39.0 Å². The molecule has 0 aromatic heterocycles. The zero-order valence-corrected chi connectivity index (χ0v) is 14.4. The summed E-state index contributed by atoms with van der Waals surface area (Å²) in [5, 5.41) is 9.83. The van der Waals surface area contributed by atoms with E-state index in [4.69, 9.17) is 4.74 Å². The molecule has 0 bridgehead atoms. The van der Waals surface area contributed by atoms with Crippen LogP contribution < -0.4 is 4.74 Å². The van der Waals surface area contributed by atoms with Crippen molar-refractivity contribution in [3.63, 3.8) is 0 Å². The lowest BCUT2D eigenvalue weighted by atomic mass is 9.90. The number of aromatic carboxylic acids is 1. The topological polar surface area (TPSA) is 46.5 Å². The van der Waals surface area contributed by atoms with Crippen LogP contribution in [-0.4, -0.2) is 11.1 Å². The van der Waals surface area contributed by atoms with Gasteiger partial charge in [0.05, 0.1) is 5.56 Å². The first-order valence-electron chi connectivity index (χ1n) is 8.90. The normalized spacial score (nSPS) is 12.0. The highest BCUT2D eigenvalue weighted by Gasteiger charge is 2.24. The largest absolute Gasteiger partial charge is 0.478 e. The highest BCUT2D eigenvalue weighted by atomic mass is 16.5. The van der Waals surface area contributed by atoms with E-state index in [2.05, 4.69) is 12.1 Å². The minimum absolute atomic E-state index is 0.407. The van der Waals surface area contributed by atoms with E-state index in [0.717, 1.165) is 41.7 Å². The van der Waals surface area contributed by atoms with Crippen LogP contribution in [0, 0.1) is 0 Å². The minimum atomic E-state index is -0.875. The summed E-state index contributed by atoms with van der Waals surface area (Å²) in [4.78, 5) is 12.0. The van der Waals surface area contributed by atoms with Gasteiger partial charge in [0.1, 0.15) is 11.5 Å². The average Bonchev–Trinajstić information content (AvgIpc) is 2.66. The van der Waals surface area contributed by atoms with Crippen LogP contribution in [0.15, 0.2) is 66.7 Å². The van der Waals surface area contributed by atoms with Crippen LogP contribution in [0.3, 0.4) is 0 Å². The first-order chi connectivity index (χ1) is 12.7. The average molecular weight is 344 g/mol. The van der Waals surface area contributed by atoms with Crippen molar-refractivity contribution < 1.29 is 14.6 Å². The van der Waals surface area contributed by atoms with E-state index in [0.29, 0.717) is 17.7 Å². The molecular formula is C23H20O3. The second-order valence-electron chi connectivity index (χ2n) is 6.61. The highest BCUT2D eigenvalue weighted by molar-refractivity contribution is 5.92. The van der Waals surface area contributed by atoms with E-state index in [1.54, 1.807) is 0 Å². The maximum atomic E-state index is 12.0. The molecule has 0 aliphatic carbocycles. The molecule has 0 saturated heterocycles. The Kier molecular flexibility index (Phi) is 4.44. The van der Waals surface area contributed by atoms with Crippen LogP contribution in [0.2, 0.25) is 0 Å². The van der Waals surface area contributed by atoms with E-state index in [9.17, 15) is 9.90 Å². The second-order valence-corrected chi connectivity index (χ2v) is 6.61. The van der Waals surface area contributed by atoms with Crippen molar-refractivity contribution in [2.24, 2.45) is 0 Å². The summed E-state index contributed by atoms with van der Waals surface area (Å²) in [7, 11) is 0. The van der Waals surface area contributed by atoms with Gasteiger partial charge in [-0.15, -0.1) is 0 Å². The molecule has 130 valence electrons. The molecular weight excluding hydrogens is 324 g/mol. The molecule has 0 saturated carbocycles. The van der Waals surface area contributed by atoms with Gasteiger partial charge < -0.3 is 9.84 Å². The van der Waals surface area contributed by atoms with Crippen LogP contribution in [0.4, 0.5) is 0 Å². The molecule has 3 aromatic rings. The molecule has 0 radical (unpaired) electrons. The predicted molar refractivity (Wildman–Crippen MR) is 101 cm³/mol. The number of carbonyl (C=O) groups is 1. The third-order valence-electron chi connectivity index (χ3n) is 4.88. The summed E-state index contributed by atoms with van der Waals surface area (Å²) in [5.74, 6) is 0.598. The molecule has 4 rings (SSSR count). The van der Waals surface area contributed by atoms with E-state index < -0.39 is 5.97 Å². The Balaban J connectivity index is 1.60. The van der Waals surface area contributed by atoms with Gasteiger partial charge in [0.25, 0.3) is 0 Å². The number of ether oxygens (including phenoxy) is 1. The van der Waals surface area contributed by atoms with Crippen molar-refractivity contribution in [1.29, 1.82) is 0 Å². The first-order valence-corrected chi connectivity index (χ1v) is 8.90. The summed E-state index contributed by atoms with van der Waals surface area (Å²) in [6.07, 6.45) is 3.20. The van der Waals surface area contributed by atoms with Gasteiger partial charge in [0.2, 0.25) is 0 Å². The van der Waals surface area contributed by atoms with Gasteiger partial charge in [-0.3, -0.25) is 0 Å². The van der Waals surface area contributed by atoms with Gasteiger partial charge in [0.15, 0.2) is 0 Å². The third-order valence-corrected chi connectivity index (χ3v) is 4.88. The summed E-state index contributed by atoms with van der Waals surface area (Å²) < 4.78 is 5.93. The van der Waals surface area contributed by atoms with Crippen LogP contribution in [0.25, 0.3) is 0 Å². The number of para-hydroxylation sites is 1. The van der Waals surface area contributed by atoms with Crippen LogP contribution in [0.5, 0.6) is 11.5 Å². The van der Waals surface area contributed by atoms with Crippen molar-refractivity contribution in [3.8, 4) is 11.5 Å². The Bertz CT molecular complexity index is 945. The number of fused-ring (bicyclic) bond motifs is 2. The fourth-order valence-electron chi connectivity index (χ4n) is 3.61. The van der Waals surface area contributed by atoms with Crippen molar-refractivity contribution >= 4 is 5.97 Å². The maximum absolute atomic E-state index is 12.0. The Morgan fingerprint density at radius 2 is 1.65 bits per heavy atom. The van der Waals surface area contributed by atoms with E-state index in [-0.39, 0.29) is 0 Å². The van der Waals surface area contributed by atoms with Crippen LogP contribution >= 0.6 is 0 Å². The second kappa shape index (κ2) is 7.04. The summed E-state index contributed by atoms with van der Waals surface area (Å²) >= 11 is 0. The first kappa shape index (κ1) is 16.4. The monoisotopic (exact) mass is 344 g/mol. The maximum Gasteiger partial charge on any atom is 0.336 e. The molecule has 1 heterocycles. The van der Waals surface area contributed by atoms with Crippen LogP contribution in [-0.2, 0) is 19.3 Å². The van der Waals surface area contributed by atoms with Crippen molar-refractivity contribution in [2.75, 3.05) is 0 Å². The van der Waals surface area contributed by atoms with E-state index in [1.165, 1.54) is 5.56 Å². The highest BCUT2D eigenvalue weighted by Crippen LogP contribution is 2.39. The molecule has 1 aliphatic rings. The lowest BCUT2D eigenvalue weighted by Gasteiger charge is -2.23. The standard InChI is InChI=1S/C23H20O3/c24-23(25)22-17(11-6-9-16-7-2-1-3-8-16)13-14-21-19(22)15-18-10-4-5-12-20(18)26-21/h1-5,7-8,10,12-14H,6,9,11,15H2,(H,24,25). The molecule has 1 N–H and O–H groups in total. The lowest BCUT2D eigenvalue weighted by molar-refractivity contribution is 0.0694. The number of benzene rings is 3. The molecule has 3 nitrogen and oxygen atoms in total. The predicted octanol–water partition coefficient (Wildman–Crippen LogP) is 5.26. The fourth-order valence-corrected chi connectivity index (χ4v) is 3.61. The quantitative estimate of drug-likeness (QED) is 0.537. The van der Waals surface area contributed by atoms with Gasteiger partial charge in [-0.05, 0) is 48.1 Å². The Morgan fingerprint density at radius 1 is 0.885 bits per heavy atom. The Morgan fingerprint density at radius 3 is 2.46 bits per heavy atom. The summed E-state index contributed by atoms with van der Waals surface area (Å²) in [6.45, 7) is 0. The lowest BCUT2D eigenvalue weighted by Crippen LogP contribution is -2.13. The molecule has 0 atom stereocenters. The zero-order chi connectivity index (χ0) is 17.9. The SMILES string of the molecule is O=C(O)c1c(CCCc2ccccc2)ccc2c1Cc1ccccc1O2. The molecule has 0 unspecified atom stereocenters. The van der Waals surface area contributed by atoms with Gasteiger partial charge in [-0.2, -0.15) is 0 Å². The van der Waals surface area contributed by atoms with Gasteiger partial charge in [-0.25, -0.2) is 4.79 Å². The van der Waals surface area contributed by atoms with Crippen molar-refractivity contribution in [3.05, 3.63) is 94.5 Å². The molecule has 0 amide bonds. The molecule has 3 heteroatoms. The molecule has 1 aliphatic heterocycles. The number of carboxylic acids is 1. The number of rotatable bonds is 5. The smallest absolute Gasteiger partial charge is 0.336 e. The zero-order valence-electron chi connectivity index (χ0n) is 14.4. The van der Waals surface area contributed by atoms with Crippen molar-refractivity contribution in [2.45, 2.75) is 25.7 Å². The number of aryl methyl sites for hydroxylation is 2. The minimum Gasteiger partial charge on any atom is -0.478 e. The van der Waals surface area contributed by atoms with E-state index in [1.807, 2.05) is 54.6 Å². The molecule has 3 aromatic carbocycles. The number of hydrogen-bond acceptors (Lipinski definition) is 2. The number of hydrogen-bond donors (Lipinski definition) is 1. The van der Waals surface area contributed by atoms with Gasteiger partial charge in [-0.1, -0.05) is 54.6 Å². The third kappa shape index (κ3) is 3.21. The number of carboxylic acid groups (broad SMARTS) is 1. The molecule has 26 heavy (non-hydrogen) atoms. The Labute approximate surface area is 152 Å². The van der Waals surface area contributed by atoms with Crippen molar-refractivity contribution in [1.82, 2.24) is 0 Å². The summed E-state index contributed by atoms with van der Waals surface area (Å²) in [5.41, 5.74) is 4.39. The molecule has 0 fully saturated rings. The van der Waals surface area contributed by atoms with Gasteiger partial charge >= 0.3 is 5.97 Å². The summed E-state index contributed by atoms with van der Waals surface area (Å²) in [6, 6.07) is 21.9. The fraction of sp³-hybridized carbons (Fsp3) is 0.174.